The molecule has 0 saturated carbocycles. The average Bonchev–Trinajstić information content (AvgIpc) is 2.59. The highest BCUT2D eigenvalue weighted by atomic mass is 15.2. The third-order valence-electron chi connectivity index (χ3n) is 3.15. The van der Waals surface area contributed by atoms with Gasteiger partial charge >= 0.3 is 0 Å². The quantitative estimate of drug-likeness (QED) is 0.775. The van der Waals surface area contributed by atoms with Crippen LogP contribution in [-0.2, 0) is 12.8 Å². The number of aromatic nitrogens is 1. The van der Waals surface area contributed by atoms with Crippen molar-refractivity contribution in [3.8, 4) is 0 Å². The molecule has 1 aromatic rings. The summed E-state index contributed by atoms with van der Waals surface area (Å²) in [5.41, 5.74) is 3.90. The molecule has 0 spiro atoms. The van der Waals surface area contributed by atoms with Gasteiger partial charge in [0.05, 0.1) is 11.4 Å². The summed E-state index contributed by atoms with van der Waals surface area (Å²) >= 11 is 0. The lowest BCUT2D eigenvalue weighted by Gasteiger charge is -2.23. The number of nitrogens with zero attached hydrogens (tertiary/aromatic N) is 2. The molecule has 1 aromatic heterocycles. The lowest BCUT2D eigenvalue weighted by molar-refractivity contribution is 0.634. The zero-order chi connectivity index (χ0) is 11.7. The van der Waals surface area contributed by atoms with Crippen LogP contribution in [0, 0.1) is 5.92 Å². The van der Waals surface area contributed by atoms with Crippen molar-refractivity contribution >= 4 is 5.69 Å². The van der Waals surface area contributed by atoms with Crippen LogP contribution < -0.4 is 4.90 Å². The molecule has 0 fully saturated rings. The van der Waals surface area contributed by atoms with Gasteiger partial charge in [0.25, 0.3) is 0 Å². The molecule has 0 atom stereocenters. The highest BCUT2D eigenvalue weighted by Gasteiger charge is 2.22. The topological polar surface area (TPSA) is 16.1 Å². The normalized spacial score (nSPS) is 15.0. The van der Waals surface area contributed by atoms with Gasteiger partial charge in [-0.2, -0.15) is 0 Å². The summed E-state index contributed by atoms with van der Waals surface area (Å²) in [6, 6.07) is 5.03. The minimum Gasteiger partial charge on any atom is -0.367 e. The van der Waals surface area contributed by atoms with E-state index < -0.39 is 0 Å². The number of anilines is 1. The van der Waals surface area contributed by atoms with Crippen LogP contribution in [0.1, 0.15) is 39.1 Å². The molecule has 1 aliphatic rings. The smallest absolute Gasteiger partial charge is 0.0657 e. The maximum absolute atomic E-state index is 4.78. The van der Waals surface area contributed by atoms with Crippen molar-refractivity contribution in [1.29, 1.82) is 0 Å². The first-order valence-corrected chi connectivity index (χ1v) is 6.33. The predicted octanol–water partition coefficient (Wildman–Crippen LogP) is 3.05. The molecule has 0 radical (unpaired) electrons. The molecule has 2 heteroatoms. The number of pyridine rings is 1. The average molecular weight is 218 g/mol. The fourth-order valence-corrected chi connectivity index (χ4v) is 2.40. The Morgan fingerprint density at radius 2 is 2.00 bits per heavy atom. The molecule has 0 amide bonds. The predicted molar refractivity (Wildman–Crippen MR) is 69.0 cm³/mol. The van der Waals surface area contributed by atoms with Crippen LogP contribution in [-0.4, -0.2) is 17.6 Å². The Labute approximate surface area is 98.7 Å². The Bertz CT molecular complexity index is 369. The molecule has 2 rings (SSSR count). The number of rotatable bonds is 3. The SMILES string of the molecule is CC(C)Cc1ccc2c(n1)CCN2C(C)C. The van der Waals surface area contributed by atoms with E-state index in [4.69, 9.17) is 4.98 Å². The zero-order valence-electron chi connectivity index (χ0n) is 10.8. The second-order valence-corrected chi connectivity index (χ2v) is 5.40. The largest absolute Gasteiger partial charge is 0.367 e. The molecule has 16 heavy (non-hydrogen) atoms. The van der Waals surface area contributed by atoms with Crippen molar-refractivity contribution < 1.29 is 0 Å². The molecule has 0 aliphatic carbocycles. The Balaban J connectivity index is 2.22. The molecule has 0 unspecified atom stereocenters. The monoisotopic (exact) mass is 218 g/mol. The molecule has 0 N–H and O–H groups in total. The first-order valence-electron chi connectivity index (χ1n) is 6.33. The van der Waals surface area contributed by atoms with E-state index in [-0.39, 0.29) is 0 Å². The summed E-state index contributed by atoms with van der Waals surface area (Å²) in [4.78, 5) is 7.23. The first-order chi connectivity index (χ1) is 7.58. The fourth-order valence-electron chi connectivity index (χ4n) is 2.40. The Morgan fingerprint density at radius 1 is 1.25 bits per heavy atom. The summed E-state index contributed by atoms with van der Waals surface area (Å²) in [5, 5.41) is 0. The Morgan fingerprint density at radius 3 is 2.62 bits per heavy atom. The van der Waals surface area contributed by atoms with E-state index in [1.54, 1.807) is 0 Å². The minimum absolute atomic E-state index is 0.582. The van der Waals surface area contributed by atoms with Crippen molar-refractivity contribution in [3.63, 3.8) is 0 Å². The zero-order valence-corrected chi connectivity index (χ0v) is 10.8. The highest BCUT2D eigenvalue weighted by molar-refractivity contribution is 5.56. The van der Waals surface area contributed by atoms with Crippen molar-refractivity contribution in [2.75, 3.05) is 11.4 Å². The maximum Gasteiger partial charge on any atom is 0.0657 e. The minimum atomic E-state index is 0.582. The van der Waals surface area contributed by atoms with Gasteiger partial charge in [0, 0.05) is 24.7 Å². The molecular formula is C14H22N2. The highest BCUT2D eigenvalue weighted by Crippen LogP contribution is 2.28. The van der Waals surface area contributed by atoms with Crippen molar-refractivity contribution in [1.82, 2.24) is 4.98 Å². The van der Waals surface area contributed by atoms with Crippen molar-refractivity contribution in [3.05, 3.63) is 23.5 Å². The van der Waals surface area contributed by atoms with Gasteiger partial charge in [-0.3, -0.25) is 4.98 Å². The first kappa shape index (κ1) is 11.4. The molecule has 88 valence electrons. The third kappa shape index (κ3) is 2.21. The van der Waals surface area contributed by atoms with E-state index in [9.17, 15) is 0 Å². The van der Waals surface area contributed by atoms with Crippen LogP contribution in [0.4, 0.5) is 5.69 Å². The van der Waals surface area contributed by atoms with E-state index >= 15 is 0 Å². The molecule has 0 saturated heterocycles. The van der Waals surface area contributed by atoms with Crippen LogP contribution in [0.3, 0.4) is 0 Å². The molecular weight excluding hydrogens is 196 g/mol. The number of hydrogen-bond acceptors (Lipinski definition) is 2. The van der Waals surface area contributed by atoms with Gasteiger partial charge in [0.15, 0.2) is 0 Å². The van der Waals surface area contributed by atoms with Gasteiger partial charge in [0.2, 0.25) is 0 Å². The number of fused-ring (bicyclic) bond motifs is 1. The molecule has 2 nitrogen and oxygen atoms in total. The summed E-state index contributed by atoms with van der Waals surface area (Å²) < 4.78 is 0. The summed E-state index contributed by atoms with van der Waals surface area (Å²) in [7, 11) is 0. The fraction of sp³-hybridized carbons (Fsp3) is 0.643. The lowest BCUT2D eigenvalue weighted by Crippen LogP contribution is -2.28. The van der Waals surface area contributed by atoms with Crippen molar-refractivity contribution in [2.45, 2.75) is 46.6 Å². The summed E-state index contributed by atoms with van der Waals surface area (Å²) in [6.07, 6.45) is 2.20. The van der Waals surface area contributed by atoms with Crippen molar-refractivity contribution in [2.24, 2.45) is 5.92 Å². The van der Waals surface area contributed by atoms with E-state index in [0.717, 1.165) is 19.4 Å². The Hall–Kier alpha value is -1.05. The molecule has 2 heterocycles. The third-order valence-corrected chi connectivity index (χ3v) is 3.15. The van der Waals surface area contributed by atoms with Gasteiger partial charge in [-0.25, -0.2) is 0 Å². The number of hydrogen-bond donors (Lipinski definition) is 0. The van der Waals surface area contributed by atoms with Crippen LogP contribution in [0.25, 0.3) is 0 Å². The van der Waals surface area contributed by atoms with Gasteiger partial charge < -0.3 is 4.90 Å². The summed E-state index contributed by atoms with van der Waals surface area (Å²) in [6.45, 7) is 10.1. The van der Waals surface area contributed by atoms with Gasteiger partial charge in [-0.1, -0.05) is 13.8 Å². The van der Waals surface area contributed by atoms with Gasteiger partial charge in [0.1, 0.15) is 0 Å². The van der Waals surface area contributed by atoms with E-state index in [1.807, 2.05) is 0 Å². The van der Waals surface area contributed by atoms with Gasteiger partial charge in [-0.05, 0) is 38.3 Å². The standard InChI is InChI=1S/C14H22N2/c1-10(2)9-12-5-6-14-13(15-12)7-8-16(14)11(3)4/h5-6,10-11H,7-9H2,1-4H3. The van der Waals surface area contributed by atoms with Crippen LogP contribution in [0.2, 0.25) is 0 Å². The van der Waals surface area contributed by atoms with Gasteiger partial charge in [-0.15, -0.1) is 0 Å². The second kappa shape index (κ2) is 4.44. The summed E-state index contributed by atoms with van der Waals surface area (Å²) in [5.74, 6) is 0.688. The van der Waals surface area contributed by atoms with E-state index in [2.05, 4.69) is 44.7 Å². The molecule has 0 bridgehead atoms. The molecule has 0 aromatic carbocycles. The van der Waals surface area contributed by atoms with Crippen LogP contribution in [0.15, 0.2) is 12.1 Å². The van der Waals surface area contributed by atoms with E-state index in [0.29, 0.717) is 12.0 Å². The van der Waals surface area contributed by atoms with Crippen LogP contribution >= 0.6 is 0 Å². The molecule has 1 aliphatic heterocycles. The lowest BCUT2D eigenvalue weighted by atomic mass is 10.1. The van der Waals surface area contributed by atoms with E-state index in [1.165, 1.54) is 17.1 Å². The second-order valence-electron chi connectivity index (χ2n) is 5.40. The van der Waals surface area contributed by atoms with Crippen LogP contribution in [0.5, 0.6) is 0 Å². The Kier molecular flexibility index (Phi) is 3.17. The maximum atomic E-state index is 4.78.